The number of aryl methyl sites for hydroxylation is 1. The van der Waals surface area contributed by atoms with Crippen molar-refractivity contribution in [2.24, 2.45) is 0 Å². The van der Waals surface area contributed by atoms with Crippen LogP contribution in [0.2, 0.25) is 0 Å². The fourth-order valence-electron chi connectivity index (χ4n) is 1.88. The van der Waals surface area contributed by atoms with Gasteiger partial charge in [-0.25, -0.2) is 4.98 Å². The van der Waals surface area contributed by atoms with Gasteiger partial charge in [0, 0.05) is 23.0 Å². The molecule has 0 aliphatic heterocycles. The lowest BCUT2D eigenvalue weighted by molar-refractivity contribution is 0.0938. The lowest BCUT2D eigenvalue weighted by Gasteiger charge is -2.12. The molecule has 1 aromatic heterocycles. The van der Waals surface area contributed by atoms with Crippen LogP contribution in [0.5, 0.6) is 0 Å². The number of rotatable bonds is 4. The van der Waals surface area contributed by atoms with E-state index in [1.165, 1.54) is 6.92 Å². The highest BCUT2D eigenvalue weighted by molar-refractivity contribution is 5.99. The Kier molecular flexibility index (Phi) is 3.98. The van der Waals surface area contributed by atoms with E-state index in [4.69, 9.17) is 0 Å². The van der Waals surface area contributed by atoms with Crippen molar-refractivity contribution in [1.29, 1.82) is 0 Å². The molecular formula is C15H17N3O2. The number of hydrogen-bond acceptors (Lipinski definition) is 3. The van der Waals surface area contributed by atoms with Gasteiger partial charge in [-0.15, -0.1) is 0 Å². The van der Waals surface area contributed by atoms with E-state index >= 15 is 0 Å². The van der Waals surface area contributed by atoms with Crippen LogP contribution in [-0.4, -0.2) is 21.7 Å². The number of Topliss-reactive ketones (excluding diaryl/α,β-unsaturated/α-hetero) is 1. The van der Waals surface area contributed by atoms with Crippen LogP contribution < -0.4 is 5.32 Å². The molecule has 2 rings (SSSR count). The zero-order valence-electron chi connectivity index (χ0n) is 11.7. The number of imidazole rings is 1. The molecule has 0 saturated heterocycles. The summed E-state index contributed by atoms with van der Waals surface area (Å²) in [6, 6.07) is 6.45. The quantitative estimate of drug-likeness (QED) is 0.838. The minimum absolute atomic E-state index is 0.0608. The highest BCUT2D eigenvalue weighted by Gasteiger charge is 2.14. The number of aromatic nitrogens is 2. The summed E-state index contributed by atoms with van der Waals surface area (Å²) in [4.78, 5) is 30.7. The summed E-state index contributed by atoms with van der Waals surface area (Å²) in [6.45, 7) is 5.23. The van der Waals surface area contributed by atoms with E-state index in [-0.39, 0.29) is 17.7 Å². The maximum absolute atomic E-state index is 12.1. The molecule has 104 valence electrons. The molecule has 0 spiro atoms. The predicted octanol–water partition coefficient (Wildman–Crippen LogP) is 2.41. The van der Waals surface area contributed by atoms with Crippen LogP contribution in [0.25, 0.3) is 0 Å². The zero-order valence-corrected chi connectivity index (χ0v) is 11.7. The molecule has 2 aromatic rings. The molecule has 1 heterocycles. The van der Waals surface area contributed by atoms with Gasteiger partial charge in [-0.1, -0.05) is 12.1 Å². The van der Waals surface area contributed by atoms with Crippen molar-refractivity contribution in [2.45, 2.75) is 26.8 Å². The van der Waals surface area contributed by atoms with Crippen LogP contribution in [0.1, 0.15) is 52.1 Å². The zero-order chi connectivity index (χ0) is 14.7. The third kappa shape index (κ3) is 3.12. The fourth-order valence-corrected chi connectivity index (χ4v) is 1.88. The highest BCUT2D eigenvalue weighted by atomic mass is 16.1. The van der Waals surface area contributed by atoms with Crippen molar-refractivity contribution in [3.8, 4) is 0 Å². The van der Waals surface area contributed by atoms with Gasteiger partial charge in [-0.05, 0) is 32.9 Å². The molecule has 2 N–H and O–H groups in total. The lowest BCUT2D eigenvalue weighted by Crippen LogP contribution is -2.27. The van der Waals surface area contributed by atoms with Gasteiger partial charge in [0.25, 0.3) is 5.91 Å². The topological polar surface area (TPSA) is 74.8 Å². The molecule has 0 aliphatic carbocycles. The Hall–Kier alpha value is -2.43. The third-order valence-electron chi connectivity index (χ3n) is 3.01. The van der Waals surface area contributed by atoms with E-state index in [1.54, 1.807) is 30.5 Å². The summed E-state index contributed by atoms with van der Waals surface area (Å²) in [6.07, 6.45) is 1.72. The van der Waals surface area contributed by atoms with Gasteiger partial charge in [0.2, 0.25) is 0 Å². The summed E-state index contributed by atoms with van der Waals surface area (Å²) in [5.74, 6) is 0.419. The highest BCUT2D eigenvalue weighted by Crippen LogP contribution is 2.11. The molecular weight excluding hydrogens is 254 g/mol. The largest absolute Gasteiger partial charge is 0.344 e. The van der Waals surface area contributed by atoms with Crippen LogP contribution in [0.3, 0.4) is 0 Å². The van der Waals surface area contributed by atoms with Crippen molar-refractivity contribution in [1.82, 2.24) is 15.3 Å². The Morgan fingerprint density at radius 1 is 1.30 bits per heavy atom. The van der Waals surface area contributed by atoms with Crippen molar-refractivity contribution in [3.63, 3.8) is 0 Å². The van der Waals surface area contributed by atoms with Crippen molar-refractivity contribution >= 4 is 11.7 Å². The Labute approximate surface area is 117 Å². The maximum Gasteiger partial charge on any atom is 0.251 e. The molecule has 0 radical (unpaired) electrons. The first kappa shape index (κ1) is 14.0. The van der Waals surface area contributed by atoms with Crippen molar-refractivity contribution in [3.05, 3.63) is 53.1 Å². The Bertz CT molecular complexity index is 646. The number of H-pyrrole nitrogens is 1. The molecule has 1 amide bonds. The Morgan fingerprint density at radius 2 is 2.00 bits per heavy atom. The van der Waals surface area contributed by atoms with Crippen molar-refractivity contribution < 1.29 is 9.59 Å². The van der Waals surface area contributed by atoms with E-state index in [1.807, 2.05) is 13.8 Å². The summed E-state index contributed by atoms with van der Waals surface area (Å²) < 4.78 is 0. The Morgan fingerprint density at radius 3 is 2.60 bits per heavy atom. The predicted molar refractivity (Wildman–Crippen MR) is 75.7 cm³/mol. The molecule has 5 nitrogen and oxygen atoms in total. The summed E-state index contributed by atoms with van der Waals surface area (Å²) in [5, 5.41) is 2.85. The number of ketones is 1. The van der Waals surface area contributed by atoms with Gasteiger partial charge in [-0.2, -0.15) is 0 Å². The molecule has 20 heavy (non-hydrogen) atoms. The number of nitrogens with one attached hydrogen (secondary N) is 2. The second-order valence-corrected chi connectivity index (χ2v) is 4.78. The monoisotopic (exact) mass is 271 g/mol. The number of amides is 1. The van der Waals surface area contributed by atoms with Gasteiger partial charge < -0.3 is 10.3 Å². The van der Waals surface area contributed by atoms with E-state index in [9.17, 15) is 9.59 Å². The normalized spacial score (nSPS) is 11.9. The van der Waals surface area contributed by atoms with E-state index in [2.05, 4.69) is 15.3 Å². The fraction of sp³-hybridized carbons (Fsp3) is 0.267. The standard InChI is InChI=1S/C15H17N3O2/c1-9-8-16-14(17-9)10(2)18-15(20)13-6-4-5-12(7-13)11(3)19/h4-8,10H,1-3H3,(H,16,17)(H,18,20)/t10-/m1/s1. The molecule has 1 aromatic carbocycles. The molecule has 0 unspecified atom stereocenters. The van der Waals surface area contributed by atoms with E-state index in [0.29, 0.717) is 17.0 Å². The van der Waals surface area contributed by atoms with E-state index < -0.39 is 0 Å². The van der Waals surface area contributed by atoms with Gasteiger partial charge in [-0.3, -0.25) is 9.59 Å². The van der Waals surface area contributed by atoms with Gasteiger partial charge in [0.05, 0.1) is 6.04 Å². The van der Waals surface area contributed by atoms with Gasteiger partial charge in [0.1, 0.15) is 5.82 Å². The van der Waals surface area contributed by atoms with Crippen LogP contribution in [0.15, 0.2) is 30.5 Å². The molecule has 0 bridgehead atoms. The van der Waals surface area contributed by atoms with Crippen LogP contribution >= 0.6 is 0 Å². The number of hydrogen-bond donors (Lipinski definition) is 2. The third-order valence-corrected chi connectivity index (χ3v) is 3.01. The molecule has 0 aliphatic rings. The molecule has 1 atom stereocenters. The van der Waals surface area contributed by atoms with Crippen LogP contribution in [-0.2, 0) is 0 Å². The minimum atomic E-state index is -0.227. The van der Waals surface area contributed by atoms with Gasteiger partial charge in [0.15, 0.2) is 5.78 Å². The lowest BCUT2D eigenvalue weighted by atomic mass is 10.1. The maximum atomic E-state index is 12.1. The van der Waals surface area contributed by atoms with Crippen LogP contribution in [0.4, 0.5) is 0 Å². The number of carbonyl (C=O) groups is 2. The first-order chi connectivity index (χ1) is 9.47. The summed E-state index contributed by atoms with van der Waals surface area (Å²) >= 11 is 0. The van der Waals surface area contributed by atoms with Crippen molar-refractivity contribution in [2.75, 3.05) is 0 Å². The van der Waals surface area contributed by atoms with Crippen LogP contribution in [0, 0.1) is 6.92 Å². The molecule has 0 fully saturated rings. The average Bonchev–Trinajstić information content (AvgIpc) is 2.85. The number of aromatic amines is 1. The first-order valence-corrected chi connectivity index (χ1v) is 6.40. The smallest absolute Gasteiger partial charge is 0.251 e. The molecule has 0 saturated carbocycles. The minimum Gasteiger partial charge on any atom is -0.344 e. The Balaban J connectivity index is 2.12. The summed E-state index contributed by atoms with van der Waals surface area (Å²) in [7, 11) is 0. The number of carbonyl (C=O) groups excluding carboxylic acids is 2. The molecule has 5 heteroatoms. The number of benzene rings is 1. The SMILES string of the molecule is CC(=O)c1cccc(C(=O)N[C@H](C)c2ncc(C)[nH]2)c1. The first-order valence-electron chi connectivity index (χ1n) is 6.40. The van der Waals surface area contributed by atoms with Gasteiger partial charge >= 0.3 is 0 Å². The summed E-state index contributed by atoms with van der Waals surface area (Å²) in [5.41, 5.74) is 1.94. The number of nitrogens with zero attached hydrogens (tertiary/aromatic N) is 1. The second kappa shape index (κ2) is 5.69. The second-order valence-electron chi connectivity index (χ2n) is 4.78. The average molecular weight is 271 g/mol. The van der Waals surface area contributed by atoms with E-state index in [0.717, 1.165) is 5.69 Å².